The molecule has 3 heterocycles. The number of hydrogen-bond acceptors (Lipinski definition) is 6. The van der Waals surface area contributed by atoms with Gasteiger partial charge in [-0.1, -0.05) is 0 Å². The monoisotopic (exact) mass is 399 g/mol. The van der Waals surface area contributed by atoms with Crippen molar-refractivity contribution in [1.29, 1.82) is 0 Å². The molecule has 8 heteroatoms. The van der Waals surface area contributed by atoms with E-state index in [1.807, 2.05) is 41.1 Å². The second-order valence-electron chi connectivity index (χ2n) is 4.05. The molecule has 0 saturated carbocycles. The van der Waals surface area contributed by atoms with Crippen LogP contribution in [0.15, 0.2) is 28.8 Å². The van der Waals surface area contributed by atoms with Gasteiger partial charge in [-0.3, -0.25) is 9.36 Å². The molecular formula is C12H10IN5OS. The summed E-state index contributed by atoms with van der Waals surface area (Å²) in [5, 5.41) is 6.03. The zero-order valence-electron chi connectivity index (χ0n) is 10.5. The van der Waals surface area contributed by atoms with Crippen molar-refractivity contribution < 1.29 is 0 Å². The van der Waals surface area contributed by atoms with E-state index >= 15 is 0 Å². The van der Waals surface area contributed by atoms with Gasteiger partial charge >= 0.3 is 0 Å². The van der Waals surface area contributed by atoms with E-state index in [4.69, 9.17) is 0 Å². The predicted octanol–water partition coefficient (Wildman–Crippen LogP) is 1.94. The highest BCUT2D eigenvalue weighted by Crippen LogP contribution is 2.24. The summed E-state index contributed by atoms with van der Waals surface area (Å²) in [6.45, 7) is 0.311. The Balaban J connectivity index is 2.06. The summed E-state index contributed by atoms with van der Waals surface area (Å²) in [6, 6.07) is 1.98. The van der Waals surface area contributed by atoms with Crippen molar-refractivity contribution in [2.45, 2.75) is 6.54 Å². The van der Waals surface area contributed by atoms with E-state index in [2.05, 4.69) is 20.3 Å². The topological polar surface area (TPSA) is 72.7 Å². The van der Waals surface area contributed by atoms with Gasteiger partial charge in [0.25, 0.3) is 5.56 Å². The molecule has 0 aromatic carbocycles. The lowest BCUT2D eigenvalue weighted by Gasteiger charge is -2.07. The van der Waals surface area contributed by atoms with E-state index in [1.54, 1.807) is 17.5 Å². The van der Waals surface area contributed by atoms with Crippen molar-refractivity contribution in [3.63, 3.8) is 0 Å². The number of nitrogens with one attached hydrogen (secondary N) is 1. The molecular weight excluding hydrogens is 389 g/mol. The van der Waals surface area contributed by atoms with Crippen LogP contribution in [0.4, 0.5) is 5.82 Å². The largest absolute Gasteiger partial charge is 0.372 e. The average Bonchev–Trinajstić information content (AvgIpc) is 2.91. The molecule has 0 unspecified atom stereocenters. The van der Waals surface area contributed by atoms with Crippen LogP contribution in [0.3, 0.4) is 0 Å². The molecule has 20 heavy (non-hydrogen) atoms. The van der Waals surface area contributed by atoms with Gasteiger partial charge in [-0.25, -0.2) is 15.0 Å². The Hall–Kier alpha value is -1.55. The third-order valence-electron chi connectivity index (χ3n) is 2.78. The zero-order valence-corrected chi connectivity index (χ0v) is 13.5. The number of hydrogen-bond donors (Lipinski definition) is 1. The van der Waals surface area contributed by atoms with Crippen LogP contribution in [0.5, 0.6) is 0 Å². The van der Waals surface area contributed by atoms with Gasteiger partial charge < -0.3 is 5.32 Å². The van der Waals surface area contributed by atoms with E-state index in [9.17, 15) is 4.79 Å². The van der Waals surface area contributed by atoms with Crippen LogP contribution in [-0.2, 0) is 6.54 Å². The lowest BCUT2D eigenvalue weighted by atomic mass is 10.3. The van der Waals surface area contributed by atoms with E-state index in [-0.39, 0.29) is 5.56 Å². The smallest absolute Gasteiger partial charge is 0.267 e. The van der Waals surface area contributed by atoms with E-state index < -0.39 is 0 Å². The second kappa shape index (κ2) is 5.44. The number of thiophene rings is 1. The van der Waals surface area contributed by atoms with Crippen molar-refractivity contribution in [1.82, 2.24) is 19.5 Å². The van der Waals surface area contributed by atoms with Crippen LogP contribution in [-0.4, -0.2) is 26.6 Å². The summed E-state index contributed by atoms with van der Waals surface area (Å²) < 4.78 is 2.09. The quantitative estimate of drug-likeness (QED) is 0.682. The minimum Gasteiger partial charge on any atom is -0.372 e. The third kappa shape index (κ3) is 2.40. The Morgan fingerprint density at radius 2 is 2.30 bits per heavy atom. The average molecular weight is 399 g/mol. The Labute approximate surface area is 132 Å². The molecule has 3 aromatic rings. The molecule has 0 fully saturated rings. The molecule has 3 aromatic heterocycles. The second-order valence-corrected chi connectivity index (χ2v) is 6.11. The summed E-state index contributed by atoms with van der Waals surface area (Å²) in [5.74, 6) is 1.37. The van der Waals surface area contributed by atoms with Crippen LogP contribution in [0.1, 0.15) is 5.82 Å². The Kier molecular flexibility index (Phi) is 3.66. The molecule has 0 aliphatic heterocycles. The Morgan fingerprint density at radius 3 is 3.10 bits per heavy atom. The molecule has 0 radical (unpaired) electrons. The summed E-state index contributed by atoms with van der Waals surface area (Å²) in [6.07, 6.45) is 3.05. The van der Waals surface area contributed by atoms with Crippen LogP contribution in [0.25, 0.3) is 10.2 Å². The highest BCUT2D eigenvalue weighted by Gasteiger charge is 2.09. The maximum atomic E-state index is 12.0. The molecule has 0 aliphatic carbocycles. The highest BCUT2D eigenvalue weighted by atomic mass is 127. The Bertz CT molecular complexity index is 828. The maximum Gasteiger partial charge on any atom is 0.267 e. The summed E-state index contributed by atoms with van der Waals surface area (Å²) in [7, 11) is 1.82. The molecule has 0 saturated heterocycles. The van der Waals surface area contributed by atoms with Gasteiger partial charge in [0, 0.05) is 13.2 Å². The Morgan fingerprint density at radius 1 is 1.45 bits per heavy atom. The summed E-state index contributed by atoms with van der Waals surface area (Å²) >= 11 is 3.53. The molecule has 102 valence electrons. The fourth-order valence-corrected chi connectivity index (χ4v) is 3.10. The fourth-order valence-electron chi connectivity index (χ4n) is 1.85. The zero-order chi connectivity index (χ0) is 14.1. The van der Waals surface area contributed by atoms with Gasteiger partial charge in [0.05, 0.1) is 21.8 Å². The van der Waals surface area contributed by atoms with Gasteiger partial charge in [0.1, 0.15) is 10.6 Å². The van der Waals surface area contributed by atoms with Gasteiger partial charge in [-0.15, -0.1) is 11.3 Å². The molecule has 0 bridgehead atoms. The van der Waals surface area contributed by atoms with Gasteiger partial charge in [0.15, 0.2) is 5.82 Å². The predicted molar refractivity (Wildman–Crippen MR) is 87.3 cm³/mol. The number of anilines is 1. The van der Waals surface area contributed by atoms with Crippen LogP contribution in [0.2, 0.25) is 0 Å². The lowest BCUT2D eigenvalue weighted by Crippen LogP contribution is -2.23. The van der Waals surface area contributed by atoms with Crippen LogP contribution in [0, 0.1) is 3.57 Å². The summed E-state index contributed by atoms with van der Waals surface area (Å²) in [4.78, 5) is 25.9. The van der Waals surface area contributed by atoms with Crippen molar-refractivity contribution in [2.24, 2.45) is 0 Å². The number of halogens is 1. The van der Waals surface area contributed by atoms with Crippen molar-refractivity contribution in [2.75, 3.05) is 12.4 Å². The van der Waals surface area contributed by atoms with Gasteiger partial charge in [0.2, 0.25) is 0 Å². The number of aromatic nitrogens is 4. The minimum absolute atomic E-state index is 0.0820. The van der Waals surface area contributed by atoms with E-state index in [0.29, 0.717) is 15.9 Å². The van der Waals surface area contributed by atoms with Crippen molar-refractivity contribution in [3.8, 4) is 0 Å². The minimum atomic E-state index is -0.0820. The normalized spacial score (nSPS) is 10.9. The number of nitrogens with zero attached hydrogens (tertiary/aromatic N) is 4. The first kappa shape index (κ1) is 13.4. The number of fused-ring (bicyclic) bond motifs is 1. The lowest BCUT2D eigenvalue weighted by molar-refractivity contribution is 0.697. The summed E-state index contributed by atoms with van der Waals surface area (Å²) in [5.41, 5.74) is -0.0820. The molecule has 6 nitrogen and oxygen atoms in total. The van der Waals surface area contributed by atoms with Crippen molar-refractivity contribution >= 4 is 50.0 Å². The standard InChI is InChI=1S/C12H10IN5OS/c1-14-10-7-2-3-20-11(7)17-9(16-10)5-18-6-15-4-8(13)12(18)19/h2-4,6H,5H2,1H3,(H,14,16,17). The first-order valence-electron chi connectivity index (χ1n) is 5.81. The molecule has 0 amide bonds. The highest BCUT2D eigenvalue weighted by molar-refractivity contribution is 14.1. The van der Waals surface area contributed by atoms with Crippen LogP contribution >= 0.6 is 33.9 Å². The van der Waals surface area contributed by atoms with E-state index in [1.165, 1.54) is 10.9 Å². The molecule has 0 aliphatic rings. The first-order chi connectivity index (χ1) is 9.69. The SMILES string of the molecule is CNc1nc(Cn2cncc(I)c2=O)nc2sccc12. The van der Waals surface area contributed by atoms with Gasteiger partial charge in [-0.05, 0) is 34.0 Å². The van der Waals surface area contributed by atoms with E-state index in [0.717, 1.165) is 16.0 Å². The van der Waals surface area contributed by atoms with Crippen molar-refractivity contribution in [3.05, 3.63) is 43.7 Å². The molecule has 0 atom stereocenters. The molecule has 3 rings (SSSR count). The maximum absolute atomic E-state index is 12.0. The molecule has 0 spiro atoms. The van der Waals surface area contributed by atoms with Gasteiger partial charge in [-0.2, -0.15) is 0 Å². The van der Waals surface area contributed by atoms with Crippen LogP contribution < -0.4 is 10.9 Å². The molecule has 1 N–H and O–H groups in total. The fraction of sp³-hybridized carbons (Fsp3) is 0.167. The third-order valence-corrected chi connectivity index (χ3v) is 4.33. The number of rotatable bonds is 3. The first-order valence-corrected chi connectivity index (χ1v) is 7.76.